The van der Waals surface area contributed by atoms with E-state index in [0.29, 0.717) is 12.6 Å². The maximum atomic E-state index is 4.67. The first-order valence-electron chi connectivity index (χ1n) is 9.08. The molecule has 1 fully saturated rings. The van der Waals surface area contributed by atoms with Crippen LogP contribution < -0.4 is 10.6 Å². The summed E-state index contributed by atoms with van der Waals surface area (Å²) in [6.07, 6.45) is 0. The molecule has 0 spiro atoms. The summed E-state index contributed by atoms with van der Waals surface area (Å²) in [6.45, 7) is 9.74. The average Bonchev–Trinajstić information content (AvgIpc) is 2.64. The first kappa shape index (κ1) is 17.1. The number of para-hydroxylation sites is 1. The highest BCUT2D eigenvalue weighted by molar-refractivity contribution is 5.93. The summed E-state index contributed by atoms with van der Waals surface area (Å²) < 4.78 is 0. The van der Waals surface area contributed by atoms with E-state index in [1.54, 1.807) is 0 Å². The van der Waals surface area contributed by atoms with Gasteiger partial charge in [-0.1, -0.05) is 18.2 Å². The van der Waals surface area contributed by atoms with Gasteiger partial charge in [0, 0.05) is 31.6 Å². The quantitative estimate of drug-likeness (QED) is 0.833. The van der Waals surface area contributed by atoms with E-state index in [9.17, 15) is 0 Å². The van der Waals surface area contributed by atoms with Gasteiger partial charge in [-0.2, -0.15) is 0 Å². The van der Waals surface area contributed by atoms with Crippen molar-refractivity contribution < 1.29 is 0 Å². The molecule has 8 heteroatoms. The van der Waals surface area contributed by atoms with Gasteiger partial charge in [-0.05, 0) is 26.5 Å². The SMILES string of the molecule is Cc1nc(NC2=NCN(N3CCN(C)CC3)CN2)nc2c(C)cccc12. The molecule has 2 N–H and O–H groups in total. The van der Waals surface area contributed by atoms with Crippen LogP contribution in [-0.2, 0) is 0 Å². The van der Waals surface area contributed by atoms with Crippen LogP contribution in [0, 0.1) is 13.8 Å². The predicted molar refractivity (Wildman–Crippen MR) is 104 cm³/mol. The second-order valence-corrected chi connectivity index (χ2v) is 6.98. The number of hydrogen-bond acceptors (Lipinski definition) is 8. The van der Waals surface area contributed by atoms with Crippen molar-refractivity contribution in [2.45, 2.75) is 13.8 Å². The molecule has 26 heavy (non-hydrogen) atoms. The lowest BCUT2D eigenvalue weighted by molar-refractivity contribution is -0.0567. The van der Waals surface area contributed by atoms with Gasteiger partial charge in [-0.25, -0.2) is 25.0 Å². The molecular formula is C18H26N8. The molecule has 8 nitrogen and oxygen atoms in total. The van der Waals surface area contributed by atoms with Crippen LogP contribution in [0.25, 0.3) is 10.9 Å². The van der Waals surface area contributed by atoms with Crippen molar-refractivity contribution in [2.75, 3.05) is 51.9 Å². The standard InChI is InChI=1S/C18H26N8/c1-13-5-4-6-15-14(2)21-18(22-16(13)15)23-17-19-11-26(12-20-17)25-9-7-24(3)8-10-25/h4-6H,7-12H2,1-3H3,(H2,19,20,21,22,23). The van der Waals surface area contributed by atoms with Crippen molar-refractivity contribution in [3.63, 3.8) is 0 Å². The van der Waals surface area contributed by atoms with Gasteiger partial charge in [0.1, 0.15) is 6.67 Å². The van der Waals surface area contributed by atoms with Crippen molar-refractivity contribution in [3.05, 3.63) is 29.5 Å². The molecule has 2 aliphatic rings. The van der Waals surface area contributed by atoms with Crippen LogP contribution in [0.5, 0.6) is 0 Å². The van der Waals surface area contributed by atoms with E-state index < -0.39 is 0 Å². The first-order valence-corrected chi connectivity index (χ1v) is 9.08. The summed E-state index contributed by atoms with van der Waals surface area (Å²) in [5, 5.41) is 12.3. The monoisotopic (exact) mass is 354 g/mol. The molecule has 1 aromatic carbocycles. The zero-order chi connectivity index (χ0) is 18.1. The number of aliphatic imine (C=N–C) groups is 1. The van der Waals surface area contributed by atoms with Gasteiger partial charge in [0.25, 0.3) is 0 Å². The Hall–Kier alpha value is -2.29. The van der Waals surface area contributed by atoms with Crippen LogP contribution >= 0.6 is 0 Å². The number of fused-ring (bicyclic) bond motifs is 1. The summed E-state index contributed by atoms with van der Waals surface area (Å²) in [7, 11) is 2.17. The van der Waals surface area contributed by atoms with E-state index in [1.807, 2.05) is 13.0 Å². The number of rotatable bonds is 2. The lowest BCUT2D eigenvalue weighted by Crippen LogP contribution is -2.58. The van der Waals surface area contributed by atoms with Gasteiger partial charge in [-0.3, -0.25) is 5.32 Å². The third-order valence-corrected chi connectivity index (χ3v) is 5.05. The Balaban J connectivity index is 1.45. The molecule has 2 aliphatic heterocycles. The number of nitrogens with one attached hydrogen (secondary N) is 2. The van der Waals surface area contributed by atoms with Crippen molar-refractivity contribution in [2.24, 2.45) is 4.99 Å². The highest BCUT2D eigenvalue weighted by Crippen LogP contribution is 2.20. The molecule has 0 saturated carbocycles. The zero-order valence-electron chi connectivity index (χ0n) is 15.7. The predicted octanol–water partition coefficient (Wildman–Crippen LogP) is 0.997. The lowest BCUT2D eigenvalue weighted by atomic mass is 10.1. The molecule has 0 atom stereocenters. The number of hydrogen-bond donors (Lipinski definition) is 2. The summed E-state index contributed by atoms with van der Waals surface area (Å²) in [5.41, 5.74) is 3.10. The van der Waals surface area contributed by atoms with Crippen LogP contribution in [0.1, 0.15) is 11.3 Å². The molecule has 3 heterocycles. The van der Waals surface area contributed by atoms with Gasteiger partial charge < -0.3 is 10.2 Å². The maximum Gasteiger partial charge on any atom is 0.230 e. The number of piperazine rings is 1. The number of anilines is 1. The summed E-state index contributed by atoms with van der Waals surface area (Å²) in [4.78, 5) is 16.2. The van der Waals surface area contributed by atoms with Gasteiger partial charge in [0.2, 0.25) is 11.9 Å². The van der Waals surface area contributed by atoms with E-state index in [4.69, 9.17) is 0 Å². The van der Waals surface area contributed by atoms with Crippen molar-refractivity contribution >= 4 is 22.8 Å². The number of guanidine groups is 1. The van der Waals surface area contributed by atoms with Crippen LogP contribution in [-0.4, -0.2) is 77.4 Å². The van der Waals surface area contributed by atoms with Gasteiger partial charge in [0.05, 0.1) is 17.9 Å². The fraction of sp³-hybridized carbons (Fsp3) is 0.500. The highest BCUT2D eigenvalue weighted by atomic mass is 15.7. The van der Waals surface area contributed by atoms with E-state index in [-0.39, 0.29) is 0 Å². The minimum absolute atomic E-state index is 0.587. The minimum Gasteiger partial charge on any atom is -0.342 e. The number of benzene rings is 1. The number of nitrogens with zero attached hydrogens (tertiary/aromatic N) is 6. The van der Waals surface area contributed by atoms with Crippen LogP contribution in [0.2, 0.25) is 0 Å². The minimum atomic E-state index is 0.587. The van der Waals surface area contributed by atoms with E-state index >= 15 is 0 Å². The number of aryl methyl sites for hydroxylation is 2. The Bertz CT molecular complexity index is 825. The molecular weight excluding hydrogens is 328 g/mol. The Morgan fingerprint density at radius 1 is 1.04 bits per heavy atom. The smallest absolute Gasteiger partial charge is 0.230 e. The van der Waals surface area contributed by atoms with Gasteiger partial charge in [0.15, 0.2) is 0 Å². The summed E-state index contributed by atoms with van der Waals surface area (Å²) in [5.74, 6) is 1.31. The average molecular weight is 354 g/mol. The molecule has 0 amide bonds. The van der Waals surface area contributed by atoms with Crippen LogP contribution in [0.15, 0.2) is 23.2 Å². The second-order valence-electron chi connectivity index (χ2n) is 6.98. The summed E-state index contributed by atoms with van der Waals surface area (Å²) >= 11 is 0. The van der Waals surface area contributed by atoms with Gasteiger partial charge >= 0.3 is 0 Å². The van der Waals surface area contributed by atoms with E-state index in [2.05, 4.69) is 66.6 Å². The Morgan fingerprint density at radius 3 is 2.58 bits per heavy atom. The van der Waals surface area contributed by atoms with Crippen LogP contribution in [0.3, 0.4) is 0 Å². The van der Waals surface area contributed by atoms with E-state index in [1.165, 1.54) is 0 Å². The molecule has 138 valence electrons. The van der Waals surface area contributed by atoms with Crippen molar-refractivity contribution in [1.29, 1.82) is 0 Å². The second kappa shape index (κ2) is 7.14. The fourth-order valence-electron chi connectivity index (χ4n) is 3.39. The van der Waals surface area contributed by atoms with Crippen molar-refractivity contribution in [1.82, 2.24) is 30.2 Å². The van der Waals surface area contributed by atoms with E-state index in [0.717, 1.165) is 61.0 Å². The highest BCUT2D eigenvalue weighted by Gasteiger charge is 2.22. The molecule has 2 aromatic rings. The Morgan fingerprint density at radius 2 is 1.85 bits per heavy atom. The zero-order valence-corrected chi connectivity index (χ0v) is 15.7. The molecule has 0 unspecified atom stereocenters. The molecule has 4 rings (SSSR count). The fourth-order valence-corrected chi connectivity index (χ4v) is 3.39. The number of likely N-dealkylation sites (N-methyl/N-ethyl adjacent to an activating group) is 1. The third-order valence-electron chi connectivity index (χ3n) is 5.05. The van der Waals surface area contributed by atoms with Crippen molar-refractivity contribution in [3.8, 4) is 0 Å². The first-order chi connectivity index (χ1) is 12.6. The Labute approximate surface area is 153 Å². The van der Waals surface area contributed by atoms with Gasteiger partial charge in [-0.15, -0.1) is 0 Å². The number of hydrazine groups is 1. The molecule has 1 aromatic heterocycles. The topological polar surface area (TPSA) is 71.9 Å². The molecule has 0 radical (unpaired) electrons. The maximum absolute atomic E-state index is 4.67. The Kier molecular flexibility index (Phi) is 4.71. The largest absolute Gasteiger partial charge is 0.342 e. The number of aromatic nitrogens is 2. The normalized spacial score (nSPS) is 20.0. The summed E-state index contributed by atoms with van der Waals surface area (Å²) in [6, 6.07) is 6.18. The lowest BCUT2D eigenvalue weighted by Gasteiger charge is -2.40. The molecule has 1 saturated heterocycles. The third kappa shape index (κ3) is 3.48. The molecule has 0 bridgehead atoms. The van der Waals surface area contributed by atoms with Crippen LogP contribution in [0.4, 0.5) is 5.95 Å². The molecule has 0 aliphatic carbocycles.